The van der Waals surface area contributed by atoms with Crippen molar-refractivity contribution < 1.29 is 5.11 Å². The molecule has 0 aromatic rings. The number of halogens is 1. The number of aliphatic hydroxyl groups is 1. The maximum atomic E-state index is 8.67. The van der Waals surface area contributed by atoms with E-state index in [-0.39, 0.29) is 12.0 Å². The average molecular weight is 137 g/mol. The van der Waals surface area contributed by atoms with Gasteiger partial charge in [0.25, 0.3) is 0 Å². The summed E-state index contributed by atoms with van der Waals surface area (Å²) < 4.78 is 0. The van der Waals surface area contributed by atoms with Gasteiger partial charge < -0.3 is 5.11 Å². The molecular formula is C6H13ClO. The van der Waals surface area contributed by atoms with Crippen molar-refractivity contribution in [2.24, 2.45) is 5.41 Å². The summed E-state index contributed by atoms with van der Waals surface area (Å²) in [7, 11) is 0. The molecule has 0 saturated heterocycles. The van der Waals surface area contributed by atoms with Crippen LogP contribution < -0.4 is 0 Å². The number of rotatable bonds is 3. The molecule has 0 radical (unpaired) electrons. The summed E-state index contributed by atoms with van der Waals surface area (Å²) in [6.45, 7) is 4.21. The molecule has 0 heterocycles. The number of aliphatic hydroxyl groups excluding tert-OH is 1. The van der Waals surface area contributed by atoms with Crippen LogP contribution in [0.5, 0.6) is 0 Å². The number of hydrogen-bond acceptors (Lipinski definition) is 1. The highest BCUT2D eigenvalue weighted by atomic mass is 35.5. The molecule has 0 rings (SSSR count). The van der Waals surface area contributed by atoms with Crippen LogP contribution in [0.1, 0.15) is 20.3 Å². The number of hydrogen-bond donors (Lipinski definition) is 1. The van der Waals surface area contributed by atoms with Gasteiger partial charge in [0.15, 0.2) is 0 Å². The van der Waals surface area contributed by atoms with E-state index in [9.17, 15) is 0 Å². The fourth-order valence-corrected chi connectivity index (χ4v) is 0.846. The normalized spacial score (nSPS) is 12.0. The zero-order chi connectivity index (χ0) is 6.62. The Morgan fingerprint density at radius 3 is 2.12 bits per heavy atom. The first-order valence-electron chi connectivity index (χ1n) is 2.79. The van der Waals surface area contributed by atoms with Crippen molar-refractivity contribution >= 4 is 11.6 Å². The largest absolute Gasteiger partial charge is 0.396 e. The molecule has 0 spiro atoms. The molecule has 0 unspecified atom stereocenters. The minimum Gasteiger partial charge on any atom is -0.396 e. The lowest BCUT2D eigenvalue weighted by Crippen LogP contribution is -2.16. The van der Waals surface area contributed by atoms with E-state index in [2.05, 4.69) is 0 Å². The second kappa shape index (κ2) is 3.31. The molecule has 50 valence electrons. The van der Waals surface area contributed by atoms with Crippen molar-refractivity contribution in [1.82, 2.24) is 0 Å². The van der Waals surface area contributed by atoms with Crippen LogP contribution >= 0.6 is 11.6 Å². The Morgan fingerprint density at radius 1 is 1.50 bits per heavy atom. The van der Waals surface area contributed by atoms with E-state index in [0.717, 1.165) is 6.42 Å². The molecule has 2 heteroatoms. The Hall–Kier alpha value is 0.250. The fraction of sp³-hybridized carbons (Fsp3) is 1.00. The van der Waals surface area contributed by atoms with Crippen LogP contribution in [0.2, 0.25) is 0 Å². The third-order valence-corrected chi connectivity index (χ3v) is 1.39. The topological polar surface area (TPSA) is 20.2 Å². The van der Waals surface area contributed by atoms with Gasteiger partial charge >= 0.3 is 0 Å². The van der Waals surface area contributed by atoms with Crippen LogP contribution in [0, 0.1) is 5.41 Å². The highest BCUT2D eigenvalue weighted by Crippen LogP contribution is 2.18. The molecular weight excluding hydrogens is 124 g/mol. The molecule has 0 aliphatic carbocycles. The SMILES string of the molecule is CC(C)(CO)CCCl. The van der Waals surface area contributed by atoms with Crippen LogP contribution in [0.3, 0.4) is 0 Å². The Bertz CT molecular complexity index is 61.5. The monoisotopic (exact) mass is 136 g/mol. The van der Waals surface area contributed by atoms with Crippen molar-refractivity contribution in [3.63, 3.8) is 0 Å². The highest BCUT2D eigenvalue weighted by Gasteiger charge is 2.14. The molecule has 0 aromatic carbocycles. The standard InChI is InChI=1S/C6H13ClO/c1-6(2,5-8)3-4-7/h8H,3-5H2,1-2H3. The Balaban J connectivity index is 3.37. The van der Waals surface area contributed by atoms with Gasteiger partial charge in [-0.2, -0.15) is 0 Å². The van der Waals surface area contributed by atoms with Gasteiger partial charge in [0.2, 0.25) is 0 Å². The van der Waals surface area contributed by atoms with Crippen molar-refractivity contribution in [2.45, 2.75) is 20.3 Å². The molecule has 0 aromatic heterocycles. The molecule has 0 aliphatic rings. The van der Waals surface area contributed by atoms with E-state index in [0.29, 0.717) is 5.88 Å². The minimum absolute atomic E-state index is 0.0156. The molecule has 0 bridgehead atoms. The first-order chi connectivity index (χ1) is 3.62. The Labute approximate surface area is 55.7 Å². The van der Waals surface area contributed by atoms with E-state index in [4.69, 9.17) is 16.7 Å². The third kappa shape index (κ3) is 3.28. The first-order valence-corrected chi connectivity index (χ1v) is 3.33. The van der Waals surface area contributed by atoms with Gasteiger partial charge in [0.05, 0.1) is 0 Å². The van der Waals surface area contributed by atoms with Crippen LogP contribution in [0.25, 0.3) is 0 Å². The Kier molecular flexibility index (Phi) is 3.41. The quantitative estimate of drug-likeness (QED) is 0.585. The maximum absolute atomic E-state index is 8.67. The summed E-state index contributed by atoms with van der Waals surface area (Å²) in [5.74, 6) is 0.633. The zero-order valence-electron chi connectivity index (χ0n) is 5.45. The lowest BCUT2D eigenvalue weighted by atomic mass is 9.92. The summed E-state index contributed by atoms with van der Waals surface area (Å²) in [5.41, 5.74) is 0.0156. The van der Waals surface area contributed by atoms with Crippen molar-refractivity contribution in [3.8, 4) is 0 Å². The lowest BCUT2D eigenvalue weighted by molar-refractivity contribution is 0.156. The van der Waals surface area contributed by atoms with E-state index < -0.39 is 0 Å². The second-order valence-electron chi connectivity index (χ2n) is 2.76. The van der Waals surface area contributed by atoms with Crippen molar-refractivity contribution in [3.05, 3.63) is 0 Å². The molecule has 1 nitrogen and oxygen atoms in total. The van der Waals surface area contributed by atoms with Crippen LogP contribution in [-0.4, -0.2) is 17.6 Å². The van der Waals surface area contributed by atoms with Crippen LogP contribution in [0.4, 0.5) is 0 Å². The molecule has 0 atom stereocenters. The van der Waals surface area contributed by atoms with Gasteiger partial charge in [-0.3, -0.25) is 0 Å². The van der Waals surface area contributed by atoms with Crippen molar-refractivity contribution in [1.29, 1.82) is 0 Å². The summed E-state index contributed by atoms with van der Waals surface area (Å²) in [6, 6.07) is 0. The summed E-state index contributed by atoms with van der Waals surface area (Å²) >= 11 is 5.45. The Morgan fingerprint density at radius 2 is 2.00 bits per heavy atom. The van der Waals surface area contributed by atoms with Crippen LogP contribution in [0.15, 0.2) is 0 Å². The summed E-state index contributed by atoms with van der Waals surface area (Å²) in [4.78, 5) is 0. The highest BCUT2D eigenvalue weighted by molar-refractivity contribution is 6.17. The smallest absolute Gasteiger partial charge is 0.0482 e. The van der Waals surface area contributed by atoms with Crippen molar-refractivity contribution in [2.75, 3.05) is 12.5 Å². The van der Waals surface area contributed by atoms with Gasteiger partial charge in [0.1, 0.15) is 0 Å². The van der Waals surface area contributed by atoms with Gasteiger partial charge in [0, 0.05) is 12.5 Å². The maximum Gasteiger partial charge on any atom is 0.0482 e. The molecule has 1 N–H and O–H groups in total. The second-order valence-corrected chi connectivity index (χ2v) is 3.14. The first kappa shape index (κ1) is 8.25. The summed E-state index contributed by atoms with van der Waals surface area (Å²) in [6.07, 6.45) is 0.880. The molecule has 0 saturated carbocycles. The molecule has 0 fully saturated rings. The summed E-state index contributed by atoms with van der Waals surface area (Å²) in [5, 5.41) is 8.67. The predicted molar refractivity (Wildman–Crippen MR) is 36.2 cm³/mol. The predicted octanol–water partition coefficient (Wildman–Crippen LogP) is 1.63. The van der Waals surface area contributed by atoms with E-state index in [1.165, 1.54) is 0 Å². The lowest BCUT2D eigenvalue weighted by Gasteiger charge is -2.18. The van der Waals surface area contributed by atoms with Gasteiger partial charge in [-0.1, -0.05) is 13.8 Å². The van der Waals surface area contributed by atoms with Gasteiger partial charge in [-0.15, -0.1) is 11.6 Å². The zero-order valence-corrected chi connectivity index (χ0v) is 6.20. The van der Waals surface area contributed by atoms with Crippen LogP contribution in [-0.2, 0) is 0 Å². The van der Waals surface area contributed by atoms with Gasteiger partial charge in [-0.05, 0) is 11.8 Å². The van der Waals surface area contributed by atoms with E-state index >= 15 is 0 Å². The molecule has 8 heavy (non-hydrogen) atoms. The van der Waals surface area contributed by atoms with Gasteiger partial charge in [-0.25, -0.2) is 0 Å². The molecule has 0 amide bonds. The minimum atomic E-state index is 0.0156. The third-order valence-electron chi connectivity index (χ3n) is 1.20. The van der Waals surface area contributed by atoms with E-state index in [1.54, 1.807) is 0 Å². The molecule has 0 aliphatic heterocycles. The van der Waals surface area contributed by atoms with E-state index in [1.807, 2.05) is 13.8 Å². The number of alkyl halides is 1. The average Bonchev–Trinajstić information content (AvgIpc) is 1.67. The fourth-order valence-electron chi connectivity index (χ4n) is 0.335.